The third kappa shape index (κ3) is 2.93. The average Bonchev–Trinajstić information content (AvgIpc) is 2.82. The first-order valence-electron chi connectivity index (χ1n) is 7.01. The number of halogens is 1. The molecule has 1 atom stereocenters. The molecule has 2 aromatic rings. The summed E-state index contributed by atoms with van der Waals surface area (Å²) in [5, 5.41) is 3.62. The van der Waals surface area contributed by atoms with Crippen LogP contribution in [0.25, 0.3) is 0 Å². The second kappa shape index (κ2) is 6.30. The molecular formula is C17H22ClNS. The highest BCUT2D eigenvalue weighted by molar-refractivity contribution is 7.16. The minimum Gasteiger partial charge on any atom is -0.306 e. The number of hydrogen-bond donors (Lipinski definition) is 1. The fourth-order valence-electron chi connectivity index (χ4n) is 2.71. The molecule has 20 heavy (non-hydrogen) atoms. The molecule has 0 amide bonds. The highest BCUT2D eigenvalue weighted by Gasteiger charge is 2.21. The molecule has 0 fully saturated rings. The van der Waals surface area contributed by atoms with Gasteiger partial charge in [-0.15, -0.1) is 11.3 Å². The maximum Gasteiger partial charge on any atom is 0.0931 e. The molecule has 0 saturated carbocycles. The van der Waals surface area contributed by atoms with Crippen molar-refractivity contribution < 1.29 is 0 Å². The first-order valence-corrected chi connectivity index (χ1v) is 8.21. The summed E-state index contributed by atoms with van der Waals surface area (Å²) in [6, 6.07) is 6.63. The predicted octanol–water partition coefficient (Wildman–Crippen LogP) is 5.33. The molecule has 1 heterocycles. The summed E-state index contributed by atoms with van der Waals surface area (Å²) in [5.74, 6) is 0. The van der Waals surface area contributed by atoms with Gasteiger partial charge in [-0.25, -0.2) is 0 Å². The maximum absolute atomic E-state index is 6.12. The summed E-state index contributed by atoms with van der Waals surface area (Å²) < 4.78 is 0.850. The Balaban J connectivity index is 2.60. The SMILES string of the molecule is CCNC(c1ccc(Cl)s1)c1c(C)c(C)cc(C)c1C. The Morgan fingerprint density at radius 1 is 1.10 bits per heavy atom. The highest BCUT2D eigenvalue weighted by Crippen LogP contribution is 2.35. The summed E-state index contributed by atoms with van der Waals surface area (Å²) in [7, 11) is 0. The topological polar surface area (TPSA) is 12.0 Å². The minimum atomic E-state index is 0.232. The molecule has 0 aliphatic carbocycles. The van der Waals surface area contributed by atoms with E-state index >= 15 is 0 Å². The molecule has 2 rings (SSSR count). The summed E-state index contributed by atoms with van der Waals surface area (Å²) in [6.07, 6.45) is 0. The van der Waals surface area contributed by atoms with Gasteiger partial charge in [0.1, 0.15) is 0 Å². The number of rotatable bonds is 4. The molecule has 0 radical (unpaired) electrons. The van der Waals surface area contributed by atoms with E-state index in [2.05, 4.69) is 52.1 Å². The lowest BCUT2D eigenvalue weighted by atomic mass is 9.89. The Hall–Kier alpha value is -0.830. The quantitative estimate of drug-likeness (QED) is 0.804. The van der Waals surface area contributed by atoms with Crippen molar-refractivity contribution in [3.05, 3.63) is 55.2 Å². The van der Waals surface area contributed by atoms with Crippen molar-refractivity contribution in [3.8, 4) is 0 Å². The first kappa shape index (κ1) is 15.6. The molecule has 0 aliphatic heterocycles. The van der Waals surface area contributed by atoms with Gasteiger partial charge in [-0.05, 0) is 74.2 Å². The van der Waals surface area contributed by atoms with Crippen molar-refractivity contribution >= 4 is 22.9 Å². The molecular weight excluding hydrogens is 286 g/mol. The van der Waals surface area contributed by atoms with Crippen LogP contribution in [0.1, 0.15) is 45.7 Å². The van der Waals surface area contributed by atoms with Crippen LogP contribution in [-0.4, -0.2) is 6.54 Å². The van der Waals surface area contributed by atoms with Crippen molar-refractivity contribution in [2.24, 2.45) is 0 Å². The number of thiophene rings is 1. The number of nitrogens with one attached hydrogen (secondary N) is 1. The highest BCUT2D eigenvalue weighted by atomic mass is 35.5. The number of benzene rings is 1. The molecule has 1 N–H and O–H groups in total. The zero-order valence-corrected chi connectivity index (χ0v) is 14.4. The molecule has 0 bridgehead atoms. The molecule has 1 aromatic heterocycles. The normalized spacial score (nSPS) is 12.7. The monoisotopic (exact) mass is 307 g/mol. The van der Waals surface area contributed by atoms with Crippen LogP contribution < -0.4 is 5.32 Å². The summed E-state index contributed by atoms with van der Waals surface area (Å²) in [6.45, 7) is 11.9. The van der Waals surface area contributed by atoms with Gasteiger partial charge in [-0.3, -0.25) is 0 Å². The van der Waals surface area contributed by atoms with Gasteiger partial charge in [0.25, 0.3) is 0 Å². The number of hydrogen-bond acceptors (Lipinski definition) is 2. The van der Waals surface area contributed by atoms with Gasteiger partial charge >= 0.3 is 0 Å². The van der Waals surface area contributed by atoms with Crippen LogP contribution in [0.2, 0.25) is 4.34 Å². The Morgan fingerprint density at radius 3 is 2.15 bits per heavy atom. The van der Waals surface area contributed by atoms with E-state index in [1.807, 2.05) is 6.07 Å². The zero-order valence-electron chi connectivity index (χ0n) is 12.8. The van der Waals surface area contributed by atoms with Gasteiger partial charge in [0.05, 0.1) is 10.4 Å². The molecule has 108 valence electrons. The second-order valence-corrected chi connectivity index (χ2v) is 7.05. The van der Waals surface area contributed by atoms with Crippen LogP contribution in [-0.2, 0) is 0 Å². The summed E-state index contributed by atoms with van der Waals surface area (Å²) in [5.41, 5.74) is 6.87. The van der Waals surface area contributed by atoms with E-state index in [1.54, 1.807) is 11.3 Å². The summed E-state index contributed by atoms with van der Waals surface area (Å²) in [4.78, 5) is 1.29. The Morgan fingerprint density at radius 2 is 1.70 bits per heavy atom. The van der Waals surface area contributed by atoms with E-state index < -0.39 is 0 Å². The van der Waals surface area contributed by atoms with Gasteiger partial charge in [0.15, 0.2) is 0 Å². The maximum atomic E-state index is 6.12. The largest absolute Gasteiger partial charge is 0.306 e. The van der Waals surface area contributed by atoms with Crippen molar-refractivity contribution in [2.45, 2.75) is 40.7 Å². The summed E-state index contributed by atoms with van der Waals surface area (Å²) >= 11 is 7.79. The Labute approximate surface area is 131 Å². The van der Waals surface area contributed by atoms with Crippen molar-refractivity contribution in [3.63, 3.8) is 0 Å². The Kier molecular flexibility index (Phi) is 4.90. The fraction of sp³-hybridized carbons (Fsp3) is 0.412. The number of aryl methyl sites for hydroxylation is 2. The first-order chi connectivity index (χ1) is 9.45. The van der Waals surface area contributed by atoms with Gasteiger partial charge in [-0.1, -0.05) is 24.6 Å². The van der Waals surface area contributed by atoms with Gasteiger partial charge in [0, 0.05) is 4.88 Å². The van der Waals surface area contributed by atoms with Gasteiger partial charge < -0.3 is 5.32 Å². The van der Waals surface area contributed by atoms with Crippen LogP contribution in [0, 0.1) is 27.7 Å². The van der Waals surface area contributed by atoms with Crippen molar-refractivity contribution in [1.29, 1.82) is 0 Å². The fourth-order valence-corrected chi connectivity index (χ4v) is 3.86. The standard InChI is InChI=1S/C17H22ClNS/c1-6-19-17(14-7-8-15(18)20-14)16-12(4)10(2)9-11(3)13(16)5/h7-9,17,19H,6H2,1-5H3. The molecule has 0 saturated heterocycles. The smallest absolute Gasteiger partial charge is 0.0931 e. The van der Waals surface area contributed by atoms with E-state index in [4.69, 9.17) is 11.6 Å². The predicted molar refractivity (Wildman–Crippen MR) is 90.2 cm³/mol. The lowest BCUT2D eigenvalue weighted by Crippen LogP contribution is -2.23. The molecule has 0 aliphatic rings. The van der Waals surface area contributed by atoms with E-state index in [-0.39, 0.29) is 6.04 Å². The van der Waals surface area contributed by atoms with Gasteiger partial charge in [0.2, 0.25) is 0 Å². The van der Waals surface area contributed by atoms with E-state index in [9.17, 15) is 0 Å². The van der Waals surface area contributed by atoms with E-state index in [1.165, 1.54) is 32.7 Å². The molecule has 1 aromatic carbocycles. The second-order valence-electron chi connectivity index (χ2n) is 5.31. The van der Waals surface area contributed by atoms with E-state index in [0.29, 0.717) is 0 Å². The van der Waals surface area contributed by atoms with Crippen molar-refractivity contribution in [2.75, 3.05) is 6.54 Å². The minimum absolute atomic E-state index is 0.232. The Bertz CT molecular complexity index is 589. The third-order valence-corrected chi connectivity index (χ3v) is 5.30. The lowest BCUT2D eigenvalue weighted by Gasteiger charge is -2.24. The third-order valence-electron chi connectivity index (χ3n) is 4.00. The average molecular weight is 308 g/mol. The molecule has 0 spiro atoms. The van der Waals surface area contributed by atoms with Crippen LogP contribution in [0.5, 0.6) is 0 Å². The van der Waals surface area contributed by atoms with Crippen LogP contribution >= 0.6 is 22.9 Å². The van der Waals surface area contributed by atoms with Crippen LogP contribution in [0.3, 0.4) is 0 Å². The van der Waals surface area contributed by atoms with Gasteiger partial charge in [-0.2, -0.15) is 0 Å². The lowest BCUT2D eigenvalue weighted by molar-refractivity contribution is 0.632. The zero-order chi connectivity index (χ0) is 14.9. The van der Waals surface area contributed by atoms with E-state index in [0.717, 1.165) is 10.9 Å². The van der Waals surface area contributed by atoms with Crippen LogP contribution in [0.4, 0.5) is 0 Å². The molecule has 3 heteroatoms. The molecule has 1 unspecified atom stereocenters. The molecule has 1 nitrogen and oxygen atoms in total. The van der Waals surface area contributed by atoms with Crippen molar-refractivity contribution in [1.82, 2.24) is 5.32 Å². The van der Waals surface area contributed by atoms with Crippen LogP contribution in [0.15, 0.2) is 18.2 Å².